The van der Waals surface area contributed by atoms with Crippen LogP contribution in [0.25, 0.3) is 11.1 Å². The molecule has 0 amide bonds. The van der Waals surface area contributed by atoms with Crippen LogP contribution < -0.4 is 16.6 Å². The molecule has 1 fully saturated rings. The average molecular weight is 267 g/mol. The minimum absolute atomic E-state index is 0.0766. The van der Waals surface area contributed by atoms with Crippen LogP contribution in [-0.4, -0.2) is 12.5 Å². The van der Waals surface area contributed by atoms with Gasteiger partial charge in [0.05, 0.1) is 18.1 Å². The van der Waals surface area contributed by atoms with E-state index >= 15 is 0 Å². The molecule has 0 spiro atoms. The summed E-state index contributed by atoms with van der Waals surface area (Å²) < 4.78 is 0. The van der Waals surface area contributed by atoms with Crippen molar-refractivity contribution in [3.63, 3.8) is 0 Å². The highest BCUT2D eigenvalue weighted by atomic mass is 16.1. The highest BCUT2D eigenvalue weighted by molar-refractivity contribution is 5.64. The third-order valence-corrected chi connectivity index (χ3v) is 3.74. The summed E-state index contributed by atoms with van der Waals surface area (Å²) in [5, 5.41) is 0. The van der Waals surface area contributed by atoms with Gasteiger partial charge in [0.15, 0.2) is 0 Å². The fraction of sp³-hybridized carbons (Fsp3) is 0.188. The van der Waals surface area contributed by atoms with Gasteiger partial charge in [-0.25, -0.2) is 10.9 Å². The van der Waals surface area contributed by atoms with E-state index in [-0.39, 0.29) is 18.1 Å². The van der Waals surface area contributed by atoms with E-state index in [0.29, 0.717) is 0 Å². The third kappa shape index (κ3) is 2.36. The lowest BCUT2D eigenvalue weighted by molar-refractivity contribution is -0.111. The summed E-state index contributed by atoms with van der Waals surface area (Å²) in [6.45, 7) is 0. The lowest BCUT2D eigenvalue weighted by Gasteiger charge is -2.15. The van der Waals surface area contributed by atoms with Crippen LogP contribution in [0, 0.1) is 5.92 Å². The normalized spacial score (nSPS) is 25.6. The molecule has 3 unspecified atom stereocenters. The molecule has 20 heavy (non-hydrogen) atoms. The molecule has 1 aliphatic heterocycles. The Morgan fingerprint density at radius 1 is 0.900 bits per heavy atom. The van der Waals surface area contributed by atoms with Crippen LogP contribution in [-0.2, 0) is 4.79 Å². The zero-order chi connectivity index (χ0) is 13.9. The first-order valence-corrected chi connectivity index (χ1v) is 6.67. The van der Waals surface area contributed by atoms with E-state index in [9.17, 15) is 4.79 Å². The second-order valence-corrected chi connectivity index (χ2v) is 4.99. The fourth-order valence-corrected chi connectivity index (χ4v) is 2.57. The maximum Gasteiger partial charge on any atom is 0.127 e. The van der Waals surface area contributed by atoms with Crippen LogP contribution in [0.2, 0.25) is 0 Å². The number of hydrazine groups is 1. The van der Waals surface area contributed by atoms with E-state index < -0.39 is 0 Å². The van der Waals surface area contributed by atoms with Gasteiger partial charge in [-0.2, -0.15) is 0 Å². The molecule has 2 aromatic carbocycles. The minimum atomic E-state index is -0.341. The van der Waals surface area contributed by atoms with Crippen molar-refractivity contribution in [2.75, 3.05) is 0 Å². The molecule has 3 rings (SSSR count). The fourth-order valence-electron chi connectivity index (χ4n) is 2.57. The number of rotatable bonds is 3. The van der Waals surface area contributed by atoms with Crippen LogP contribution >= 0.6 is 0 Å². The molecular weight excluding hydrogens is 250 g/mol. The molecule has 0 bridgehead atoms. The Kier molecular flexibility index (Phi) is 3.60. The average Bonchev–Trinajstić information content (AvgIpc) is 2.89. The Labute approximate surface area is 118 Å². The smallest absolute Gasteiger partial charge is 0.127 e. The Hall–Kier alpha value is -2.01. The van der Waals surface area contributed by atoms with Gasteiger partial charge in [-0.1, -0.05) is 54.6 Å². The molecule has 1 aliphatic rings. The van der Waals surface area contributed by atoms with Gasteiger partial charge in [0.25, 0.3) is 0 Å². The molecule has 0 saturated carbocycles. The van der Waals surface area contributed by atoms with Gasteiger partial charge < -0.3 is 10.5 Å². The number of nitrogens with two attached hydrogens (primary N) is 1. The van der Waals surface area contributed by atoms with E-state index in [1.807, 2.05) is 30.3 Å². The van der Waals surface area contributed by atoms with Crippen LogP contribution in [0.5, 0.6) is 0 Å². The van der Waals surface area contributed by atoms with Crippen molar-refractivity contribution in [2.24, 2.45) is 11.7 Å². The number of hydrogen-bond donors (Lipinski definition) is 3. The second kappa shape index (κ2) is 5.54. The van der Waals surface area contributed by atoms with Gasteiger partial charge in [0.1, 0.15) is 6.29 Å². The number of nitrogens with one attached hydrogen (secondary N) is 2. The molecule has 4 heteroatoms. The summed E-state index contributed by atoms with van der Waals surface area (Å²) in [4.78, 5) is 11.1. The molecule has 0 aliphatic carbocycles. The quantitative estimate of drug-likeness (QED) is 0.739. The Bertz CT molecular complexity index is 582. The predicted octanol–water partition coefficient (Wildman–Crippen LogP) is 1.60. The van der Waals surface area contributed by atoms with E-state index in [4.69, 9.17) is 5.73 Å². The molecule has 3 atom stereocenters. The Morgan fingerprint density at radius 3 is 2.20 bits per heavy atom. The monoisotopic (exact) mass is 267 g/mol. The summed E-state index contributed by atoms with van der Waals surface area (Å²) in [6, 6.07) is 18.3. The molecule has 0 aromatic heterocycles. The van der Waals surface area contributed by atoms with E-state index in [1.165, 1.54) is 5.56 Å². The minimum Gasteiger partial charge on any atom is -0.314 e. The van der Waals surface area contributed by atoms with Crippen LogP contribution in [0.15, 0.2) is 54.6 Å². The van der Waals surface area contributed by atoms with Gasteiger partial charge in [-0.05, 0) is 16.7 Å². The summed E-state index contributed by atoms with van der Waals surface area (Å²) in [7, 11) is 0. The first-order valence-electron chi connectivity index (χ1n) is 6.67. The standard InChI is InChI=1S/C16H17N3O/c17-16-14(10-20)15(18-19-16)13-8-6-12(7-9-13)11-4-2-1-3-5-11/h1-10,14-16,18-19H,17H2. The van der Waals surface area contributed by atoms with E-state index in [2.05, 4.69) is 35.1 Å². The molecule has 1 saturated heterocycles. The lowest BCUT2D eigenvalue weighted by Crippen LogP contribution is -2.39. The van der Waals surface area contributed by atoms with Crippen molar-refractivity contribution in [1.29, 1.82) is 0 Å². The van der Waals surface area contributed by atoms with Crippen molar-refractivity contribution in [3.05, 3.63) is 60.2 Å². The maximum atomic E-state index is 11.1. The SMILES string of the molecule is NC1NNC(c2ccc(-c3ccccc3)cc2)C1C=O. The number of carbonyl (C=O) groups excluding carboxylic acids is 1. The van der Waals surface area contributed by atoms with Crippen molar-refractivity contribution in [2.45, 2.75) is 12.2 Å². The van der Waals surface area contributed by atoms with E-state index in [0.717, 1.165) is 17.4 Å². The highest BCUT2D eigenvalue weighted by Crippen LogP contribution is 2.27. The zero-order valence-electron chi connectivity index (χ0n) is 11.0. The zero-order valence-corrected chi connectivity index (χ0v) is 11.0. The summed E-state index contributed by atoms with van der Waals surface area (Å²) >= 11 is 0. The van der Waals surface area contributed by atoms with Gasteiger partial charge in [0, 0.05) is 0 Å². The molecule has 0 radical (unpaired) electrons. The molecule has 4 N–H and O–H groups in total. The van der Waals surface area contributed by atoms with Gasteiger partial charge in [0.2, 0.25) is 0 Å². The van der Waals surface area contributed by atoms with E-state index in [1.54, 1.807) is 0 Å². The molecule has 1 heterocycles. The van der Waals surface area contributed by atoms with Crippen LogP contribution in [0.4, 0.5) is 0 Å². The maximum absolute atomic E-state index is 11.1. The Balaban J connectivity index is 1.85. The lowest BCUT2D eigenvalue weighted by atomic mass is 9.93. The highest BCUT2D eigenvalue weighted by Gasteiger charge is 2.34. The first-order chi connectivity index (χ1) is 9.79. The van der Waals surface area contributed by atoms with Crippen molar-refractivity contribution in [3.8, 4) is 11.1 Å². The first kappa shape index (κ1) is 13.0. The topological polar surface area (TPSA) is 67.2 Å². The Morgan fingerprint density at radius 2 is 1.55 bits per heavy atom. The molecule has 4 nitrogen and oxygen atoms in total. The predicted molar refractivity (Wildman–Crippen MR) is 78.4 cm³/mol. The van der Waals surface area contributed by atoms with Crippen LogP contribution in [0.3, 0.4) is 0 Å². The number of hydrogen-bond acceptors (Lipinski definition) is 4. The summed E-state index contributed by atoms with van der Waals surface area (Å²) in [6.07, 6.45) is 0.569. The number of carbonyl (C=O) groups is 1. The molecule has 102 valence electrons. The second-order valence-electron chi connectivity index (χ2n) is 4.99. The van der Waals surface area contributed by atoms with Crippen LogP contribution in [0.1, 0.15) is 11.6 Å². The summed E-state index contributed by atoms with van der Waals surface area (Å²) in [5.41, 5.74) is 15.2. The van der Waals surface area contributed by atoms with Crippen molar-refractivity contribution >= 4 is 6.29 Å². The van der Waals surface area contributed by atoms with Gasteiger partial charge in [-0.15, -0.1) is 0 Å². The van der Waals surface area contributed by atoms with Crippen molar-refractivity contribution < 1.29 is 4.79 Å². The number of benzene rings is 2. The largest absolute Gasteiger partial charge is 0.314 e. The summed E-state index contributed by atoms with van der Waals surface area (Å²) in [5.74, 6) is -0.252. The van der Waals surface area contributed by atoms with Gasteiger partial charge in [-0.3, -0.25) is 0 Å². The molecule has 2 aromatic rings. The third-order valence-electron chi connectivity index (χ3n) is 3.74. The molecular formula is C16H17N3O. The van der Waals surface area contributed by atoms with Crippen molar-refractivity contribution in [1.82, 2.24) is 10.9 Å². The number of aldehydes is 1. The van der Waals surface area contributed by atoms with Gasteiger partial charge >= 0.3 is 0 Å².